The summed E-state index contributed by atoms with van der Waals surface area (Å²) in [5.41, 5.74) is 0.892. The lowest BCUT2D eigenvalue weighted by molar-refractivity contribution is -0.383. The van der Waals surface area contributed by atoms with Gasteiger partial charge in [0.25, 0.3) is 5.69 Å². The predicted octanol–water partition coefficient (Wildman–Crippen LogP) is 4.53. The van der Waals surface area contributed by atoms with Crippen LogP contribution in [-0.2, 0) is 11.3 Å². The molecule has 10 heteroatoms. The zero-order chi connectivity index (χ0) is 20.8. The molecule has 2 aromatic carbocycles. The normalized spacial score (nSPS) is 10.5. The lowest BCUT2D eigenvalue weighted by Crippen LogP contribution is -2.15. The number of aromatic nitrogens is 3. The van der Waals surface area contributed by atoms with Gasteiger partial charge in [-0.05, 0) is 18.2 Å². The van der Waals surface area contributed by atoms with Gasteiger partial charge in [-0.2, -0.15) is 0 Å². The van der Waals surface area contributed by atoms with Crippen LogP contribution in [0.4, 0.5) is 11.4 Å². The van der Waals surface area contributed by atoms with Crippen LogP contribution in [0.5, 0.6) is 0 Å². The number of allylic oxidation sites excluding steroid dienone is 1. The first-order chi connectivity index (χ1) is 14.0. The molecule has 8 nitrogen and oxygen atoms in total. The maximum atomic E-state index is 12.3. The van der Waals surface area contributed by atoms with E-state index < -0.39 is 4.92 Å². The highest BCUT2D eigenvalue weighted by atomic mass is 79.9. The minimum atomic E-state index is -0.534. The number of thioether (sulfide) groups is 1. The topological polar surface area (TPSA) is 103 Å². The van der Waals surface area contributed by atoms with E-state index in [1.165, 1.54) is 23.9 Å². The van der Waals surface area contributed by atoms with E-state index in [0.29, 0.717) is 17.5 Å². The highest BCUT2D eigenvalue weighted by Crippen LogP contribution is 2.27. The quantitative estimate of drug-likeness (QED) is 0.223. The molecule has 29 heavy (non-hydrogen) atoms. The largest absolute Gasteiger partial charge is 0.320 e. The maximum Gasteiger partial charge on any atom is 0.292 e. The summed E-state index contributed by atoms with van der Waals surface area (Å²) in [5, 5.41) is 22.6. The van der Waals surface area contributed by atoms with E-state index in [4.69, 9.17) is 0 Å². The van der Waals surface area contributed by atoms with Crippen LogP contribution >= 0.6 is 27.7 Å². The Balaban J connectivity index is 1.74. The number of nitro groups is 1. The Labute approximate surface area is 179 Å². The standard InChI is InChI=1S/C19H16BrN5O3S/c1-2-11-24-18(13-7-9-14(20)10-8-13)22-23-19(24)29-12-17(26)21-15-5-3-4-6-16(15)25(27)28/h2-10H,1,11-12H2,(H,21,26). The van der Waals surface area contributed by atoms with Gasteiger partial charge >= 0.3 is 0 Å². The smallest absolute Gasteiger partial charge is 0.292 e. The van der Waals surface area contributed by atoms with Crippen LogP contribution in [0.1, 0.15) is 0 Å². The van der Waals surface area contributed by atoms with E-state index in [1.54, 1.807) is 18.2 Å². The molecule has 0 fully saturated rings. The Morgan fingerprint density at radius 3 is 2.66 bits per heavy atom. The molecule has 0 aliphatic carbocycles. The van der Waals surface area contributed by atoms with Gasteiger partial charge in [-0.15, -0.1) is 16.8 Å². The second-order valence-electron chi connectivity index (χ2n) is 5.82. The molecule has 0 aliphatic rings. The average Bonchev–Trinajstić information content (AvgIpc) is 3.10. The fourth-order valence-electron chi connectivity index (χ4n) is 2.56. The van der Waals surface area contributed by atoms with Crippen molar-refractivity contribution >= 4 is 45.0 Å². The number of anilines is 1. The van der Waals surface area contributed by atoms with Crippen molar-refractivity contribution in [2.75, 3.05) is 11.1 Å². The van der Waals surface area contributed by atoms with E-state index in [0.717, 1.165) is 10.0 Å². The van der Waals surface area contributed by atoms with Crippen molar-refractivity contribution in [3.63, 3.8) is 0 Å². The summed E-state index contributed by atoms with van der Waals surface area (Å²) in [6.45, 7) is 4.25. The van der Waals surface area contributed by atoms with E-state index >= 15 is 0 Å². The van der Waals surface area contributed by atoms with E-state index in [1.807, 2.05) is 28.8 Å². The van der Waals surface area contributed by atoms with Crippen molar-refractivity contribution in [2.24, 2.45) is 0 Å². The SMILES string of the molecule is C=CCn1c(SCC(=O)Nc2ccccc2[N+](=O)[O-])nnc1-c1ccc(Br)cc1. The van der Waals surface area contributed by atoms with Crippen LogP contribution in [0.2, 0.25) is 0 Å². The fourth-order valence-corrected chi connectivity index (χ4v) is 3.57. The number of nitro benzene ring substituents is 1. The van der Waals surface area contributed by atoms with Crippen LogP contribution < -0.4 is 5.32 Å². The van der Waals surface area contributed by atoms with E-state index in [9.17, 15) is 14.9 Å². The van der Waals surface area contributed by atoms with Crippen molar-refractivity contribution in [2.45, 2.75) is 11.7 Å². The summed E-state index contributed by atoms with van der Waals surface area (Å²) in [6.07, 6.45) is 1.73. The molecule has 0 unspecified atom stereocenters. The second-order valence-corrected chi connectivity index (χ2v) is 7.68. The molecule has 0 atom stereocenters. The number of rotatable bonds is 8. The Bertz CT molecular complexity index is 1050. The molecular weight excluding hydrogens is 458 g/mol. The van der Waals surface area contributed by atoms with E-state index in [2.05, 4.69) is 38.0 Å². The minimum Gasteiger partial charge on any atom is -0.320 e. The van der Waals surface area contributed by atoms with Gasteiger partial charge in [-0.3, -0.25) is 19.5 Å². The molecule has 0 radical (unpaired) electrons. The van der Waals surface area contributed by atoms with E-state index in [-0.39, 0.29) is 23.0 Å². The van der Waals surface area contributed by atoms with Gasteiger partial charge in [0.05, 0.1) is 10.7 Å². The molecule has 0 saturated heterocycles. The Morgan fingerprint density at radius 1 is 1.24 bits per heavy atom. The molecule has 1 aromatic heterocycles. The first kappa shape index (κ1) is 20.7. The molecule has 1 amide bonds. The highest BCUT2D eigenvalue weighted by Gasteiger charge is 2.17. The number of carbonyl (C=O) groups excluding carboxylic acids is 1. The number of hydrogen-bond acceptors (Lipinski definition) is 6. The molecular formula is C19H16BrN5O3S. The van der Waals surface area contributed by atoms with Crippen LogP contribution in [0.25, 0.3) is 11.4 Å². The van der Waals surface area contributed by atoms with Gasteiger partial charge in [0.1, 0.15) is 5.69 Å². The molecule has 3 aromatic rings. The Hall–Kier alpha value is -2.98. The van der Waals surface area contributed by atoms with Crippen LogP contribution in [0, 0.1) is 10.1 Å². The summed E-state index contributed by atoms with van der Waals surface area (Å²) >= 11 is 4.60. The summed E-state index contributed by atoms with van der Waals surface area (Å²) in [4.78, 5) is 22.8. The number of halogens is 1. The molecule has 148 valence electrons. The van der Waals surface area contributed by atoms with Crippen molar-refractivity contribution in [1.82, 2.24) is 14.8 Å². The maximum absolute atomic E-state index is 12.3. The third-order valence-electron chi connectivity index (χ3n) is 3.84. The number of nitrogens with one attached hydrogen (secondary N) is 1. The number of para-hydroxylation sites is 2. The van der Waals surface area contributed by atoms with Crippen molar-refractivity contribution < 1.29 is 9.72 Å². The third-order valence-corrected chi connectivity index (χ3v) is 5.33. The average molecular weight is 474 g/mol. The van der Waals surface area contributed by atoms with Crippen molar-refractivity contribution in [3.8, 4) is 11.4 Å². The minimum absolute atomic E-state index is 0.0294. The molecule has 0 bridgehead atoms. The van der Waals surface area contributed by atoms with Crippen LogP contribution in [-0.4, -0.2) is 31.3 Å². The van der Waals surface area contributed by atoms with Gasteiger partial charge in [0.2, 0.25) is 5.91 Å². The third kappa shape index (κ3) is 5.09. The molecule has 0 aliphatic heterocycles. The highest BCUT2D eigenvalue weighted by molar-refractivity contribution is 9.10. The van der Waals surface area contributed by atoms with Gasteiger partial charge in [-0.25, -0.2) is 0 Å². The van der Waals surface area contributed by atoms with Gasteiger partial charge in [0.15, 0.2) is 11.0 Å². The first-order valence-electron chi connectivity index (χ1n) is 8.45. The number of nitrogens with zero attached hydrogens (tertiary/aromatic N) is 4. The lowest BCUT2D eigenvalue weighted by atomic mass is 10.2. The van der Waals surface area contributed by atoms with Gasteiger partial charge in [-0.1, -0.05) is 58.0 Å². The lowest BCUT2D eigenvalue weighted by Gasteiger charge is -2.08. The molecule has 3 rings (SSSR count). The molecule has 1 N–H and O–H groups in total. The summed E-state index contributed by atoms with van der Waals surface area (Å²) in [5.74, 6) is 0.323. The van der Waals surface area contributed by atoms with Gasteiger partial charge < -0.3 is 5.32 Å². The molecule has 0 spiro atoms. The van der Waals surface area contributed by atoms with Crippen LogP contribution in [0.3, 0.4) is 0 Å². The summed E-state index contributed by atoms with van der Waals surface area (Å²) < 4.78 is 2.82. The Kier molecular flexibility index (Phi) is 6.78. The van der Waals surface area contributed by atoms with Gasteiger partial charge in [0, 0.05) is 22.6 Å². The monoisotopic (exact) mass is 473 g/mol. The van der Waals surface area contributed by atoms with Crippen molar-refractivity contribution in [1.29, 1.82) is 0 Å². The number of amides is 1. The predicted molar refractivity (Wildman–Crippen MR) is 116 cm³/mol. The molecule has 1 heterocycles. The Morgan fingerprint density at radius 2 is 1.97 bits per heavy atom. The fraction of sp³-hybridized carbons (Fsp3) is 0.105. The zero-order valence-corrected chi connectivity index (χ0v) is 17.5. The molecule has 0 saturated carbocycles. The first-order valence-corrected chi connectivity index (χ1v) is 10.2. The summed E-state index contributed by atoms with van der Waals surface area (Å²) in [6, 6.07) is 13.7. The van der Waals surface area contributed by atoms with Crippen molar-refractivity contribution in [3.05, 3.63) is 75.8 Å². The number of hydrogen-bond donors (Lipinski definition) is 1. The zero-order valence-electron chi connectivity index (χ0n) is 15.1. The van der Waals surface area contributed by atoms with Crippen LogP contribution in [0.15, 0.2) is 70.8 Å². The summed E-state index contributed by atoms with van der Waals surface area (Å²) in [7, 11) is 0. The number of benzene rings is 2. The number of carbonyl (C=O) groups is 1. The second kappa shape index (κ2) is 9.48.